The van der Waals surface area contributed by atoms with Gasteiger partial charge in [0.05, 0.1) is 6.42 Å². The van der Waals surface area contributed by atoms with Gasteiger partial charge in [0.1, 0.15) is 0 Å². The second kappa shape index (κ2) is 6.74. The van der Waals surface area contributed by atoms with E-state index < -0.39 is 5.97 Å². The summed E-state index contributed by atoms with van der Waals surface area (Å²) in [6.45, 7) is 0. The predicted octanol–water partition coefficient (Wildman–Crippen LogP) is 2.48. The third kappa shape index (κ3) is 7.95. The Balaban J connectivity index is 3.22. The molecular formula is C7H12Cl2O2. The van der Waals surface area contributed by atoms with Crippen LogP contribution in [0, 0.1) is 0 Å². The molecule has 0 saturated carbocycles. The highest BCUT2D eigenvalue weighted by atomic mass is 35.5. The standard InChI is InChI=1S/C7H12Cl2O2/c8-4-2-1-3-6(9)5-7(10)11/h6H,1-5H2,(H,10,11). The summed E-state index contributed by atoms with van der Waals surface area (Å²) in [7, 11) is 0. The van der Waals surface area contributed by atoms with Crippen molar-refractivity contribution in [2.24, 2.45) is 0 Å². The Bertz CT molecular complexity index is 117. The minimum Gasteiger partial charge on any atom is -0.481 e. The van der Waals surface area contributed by atoms with Crippen molar-refractivity contribution >= 4 is 29.2 Å². The maximum absolute atomic E-state index is 10.1. The third-order valence-corrected chi connectivity index (χ3v) is 1.94. The fourth-order valence-electron chi connectivity index (χ4n) is 0.752. The topological polar surface area (TPSA) is 37.3 Å². The fraction of sp³-hybridized carbons (Fsp3) is 0.857. The van der Waals surface area contributed by atoms with Crippen LogP contribution in [0.15, 0.2) is 0 Å². The summed E-state index contributed by atoms with van der Waals surface area (Å²) in [6, 6.07) is 0. The number of hydrogen-bond acceptors (Lipinski definition) is 1. The first-order chi connectivity index (χ1) is 5.16. The second-order valence-electron chi connectivity index (χ2n) is 2.38. The van der Waals surface area contributed by atoms with Gasteiger partial charge in [-0.15, -0.1) is 23.2 Å². The number of halogens is 2. The number of rotatable bonds is 6. The molecule has 0 aromatic rings. The largest absolute Gasteiger partial charge is 0.481 e. The van der Waals surface area contributed by atoms with Crippen molar-refractivity contribution in [2.45, 2.75) is 31.1 Å². The van der Waals surface area contributed by atoms with E-state index in [0.717, 1.165) is 19.3 Å². The lowest BCUT2D eigenvalue weighted by molar-refractivity contribution is -0.137. The van der Waals surface area contributed by atoms with E-state index >= 15 is 0 Å². The van der Waals surface area contributed by atoms with E-state index in [2.05, 4.69) is 0 Å². The van der Waals surface area contributed by atoms with Crippen LogP contribution in [0.3, 0.4) is 0 Å². The number of aliphatic carboxylic acids is 1. The summed E-state index contributed by atoms with van der Waals surface area (Å²) < 4.78 is 0. The molecule has 0 rings (SSSR count). The third-order valence-electron chi connectivity index (χ3n) is 1.30. The summed E-state index contributed by atoms with van der Waals surface area (Å²) >= 11 is 11.1. The number of hydrogen-bond donors (Lipinski definition) is 1. The molecule has 0 aromatic heterocycles. The van der Waals surface area contributed by atoms with E-state index in [9.17, 15) is 4.79 Å². The molecule has 0 aliphatic heterocycles. The van der Waals surface area contributed by atoms with Crippen molar-refractivity contribution < 1.29 is 9.90 Å². The Morgan fingerprint density at radius 3 is 2.55 bits per heavy atom. The highest BCUT2D eigenvalue weighted by Gasteiger charge is 2.08. The van der Waals surface area contributed by atoms with Crippen LogP contribution in [0.25, 0.3) is 0 Å². The van der Waals surface area contributed by atoms with Crippen LogP contribution in [0.4, 0.5) is 0 Å². The fourth-order valence-corrected chi connectivity index (χ4v) is 1.23. The molecule has 0 amide bonds. The first-order valence-electron chi connectivity index (χ1n) is 3.58. The molecule has 0 fully saturated rings. The number of carboxylic acid groups (broad SMARTS) is 1. The number of carbonyl (C=O) groups is 1. The van der Waals surface area contributed by atoms with E-state index in [1.807, 2.05) is 0 Å². The lowest BCUT2D eigenvalue weighted by atomic mass is 10.1. The molecule has 0 saturated heterocycles. The van der Waals surface area contributed by atoms with Crippen LogP contribution in [0.1, 0.15) is 25.7 Å². The van der Waals surface area contributed by atoms with Crippen molar-refractivity contribution in [3.8, 4) is 0 Å². The Labute approximate surface area is 76.5 Å². The van der Waals surface area contributed by atoms with E-state index in [1.54, 1.807) is 0 Å². The lowest BCUT2D eigenvalue weighted by Crippen LogP contribution is -2.06. The highest BCUT2D eigenvalue weighted by Crippen LogP contribution is 2.11. The average molecular weight is 199 g/mol. The van der Waals surface area contributed by atoms with Gasteiger partial charge in [-0.1, -0.05) is 6.42 Å². The number of carboxylic acids is 1. The zero-order valence-electron chi connectivity index (χ0n) is 6.22. The zero-order valence-corrected chi connectivity index (χ0v) is 7.74. The van der Waals surface area contributed by atoms with Gasteiger partial charge < -0.3 is 5.11 Å². The van der Waals surface area contributed by atoms with Crippen molar-refractivity contribution in [3.05, 3.63) is 0 Å². The zero-order chi connectivity index (χ0) is 8.69. The molecule has 2 nitrogen and oxygen atoms in total. The van der Waals surface area contributed by atoms with Gasteiger partial charge in [-0.25, -0.2) is 0 Å². The summed E-state index contributed by atoms with van der Waals surface area (Å²) in [4.78, 5) is 10.1. The first-order valence-corrected chi connectivity index (χ1v) is 4.55. The Kier molecular flexibility index (Phi) is 6.77. The van der Waals surface area contributed by atoms with E-state index in [0.29, 0.717) is 5.88 Å². The predicted molar refractivity (Wildman–Crippen MR) is 46.5 cm³/mol. The SMILES string of the molecule is O=C(O)CC(Cl)CCCCCl. The Morgan fingerprint density at radius 1 is 1.45 bits per heavy atom. The molecule has 1 N–H and O–H groups in total. The van der Waals surface area contributed by atoms with Gasteiger partial charge in [0.15, 0.2) is 0 Å². The Hall–Kier alpha value is 0.0500. The van der Waals surface area contributed by atoms with Crippen molar-refractivity contribution in [3.63, 3.8) is 0 Å². The second-order valence-corrected chi connectivity index (χ2v) is 3.38. The highest BCUT2D eigenvalue weighted by molar-refractivity contribution is 6.21. The molecule has 4 heteroatoms. The van der Waals surface area contributed by atoms with Crippen molar-refractivity contribution in [1.29, 1.82) is 0 Å². The molecule has 66 valence electrons. The summed E-state index contributed by atoms with van der Waals surface area (Å²) in [5.41, 5.74) is 0. The van der Waals surface area contributed by atoms with Crippen molar-refractivity contribution in [2.75, 3.05) is 5.88 Å². The quantitative estimate of drug-likeness (QED) is 0.527. The van der Waals surface area contributed by atoms with Gasteiger partial charge in [-0.05, 0) is 12.8 Å². The summed E-state index contributed by atoms with van der Waals surface area (Å²) in [5.74, 6) is -0.215. The Morgan fingerprint density at radius 2 is 2.09 bits per heavy atom. The minimum absolute atomic E-state index is 0.0455. The van der Waals surface area contributed by atoms with Crippen molar-refractivity contribution in [1.82, 2.24) is 0 Å². The number of unbranched alkanes of at least 4 members (excludes halogenated alkanes) is 1. The van der Waals surface area contributed by atoms with Crippen LogP contribution in [-0.2, 0) is 4.79 Å². The van der Waals surface area contributed by atoms with Crippen LogP contribution in [0.2, 0.25) is 0 Å². The van der Waals surface area contributed by atoms with E-state index in [4.69, 9.17) is 28.3 Å². The van der Waals surface area contributed by atoms with Crippen LogP contribution in [-0.4, -0.2) is 22.3 Å². The first kappa shape index (κ1) is 11.1. The summed E-state index contributed by atoms with van der Waals surface area (Å²) in [5, 5.41) is 8.09. The van der Waals surface area contributed by atoms with Gasteiger partial charge in [-0.2, -0.15) is 0 Å². The van der Waals surface area contributed by atoms with Crippen LogP contribution >= 0.6 is 23.2 Å². The van der Waals surface area contributed by atoms with Gasteiger partial charge in [0, 0.05) is 11.3 Å². The molecule has 11 heavy (non-hydrogen) atoms. The van der Waals surface area contributed by atoms with E-state index in [1.165, 1.54) is 0 Å². The average Bonchev–Trinajstić information content (AvgIpc) is 1.86. The van der Waals surface area contributed by atoms with Gasteiger partial charge >= 0.3 is 5.97 Å². The molecule has 0 aromatic carbocycles. The summed E-state index contributed by atoms with van der Waals surface area (Å²) in [6.07, 6.45) is 2.60. The van der Waals surface area contributed by atoms with Crippen LogP contribution in [0.5, 0.6) is 0 Å². The minimum atomic E-state index is -0.837. The van der Waals surface area contributed by atoms with Gasteiger partial charge in [0.25, 0.3) is 0 Å². The molecular weight excluding hydrogens is 187 g/mol. The lowest BCUT2D eigenvalue weighted by Gasteiger charge is -2.03. The van der Waals surface area contributed by atoms with Gasteiger partial charge in [0.2, 0.25) is 0 Å². The van der Waals surface area contributed by atoms with E-state index in [-0.39, 0.29) is 11.8 Å². The molecule has 0 bridgehead atoms. The maximum Gasteiger partial charge on any atom is 0.304 e. The molecule has 1 atom stereocenters. The van der Waals surface area contributed by atoms with Crippen LogP contribution < -0.4 is 0 Å². The molecule has 0 radical (unpaired) electrons. The van der Waals surface area contributed by atoms with Gasteiger partial charge in [-0.3, -0.25) is 4.79 Å². The molecule has 0 aliphatic carbocycles. The smallest absolute Gasteiger partial charge is 0.304 e. The normalized spacial score (nSPS) is 12.9. The molecule has 0 aliphatic rings. The molecule has 1 unspecified atom stereocenters. The molecule has 0 heterocycles. The number of alkyl halides is 2. The molecule has 0 spiro atoms. The monoisotopic (exact) mass is 198 g/mol. The maximum atomic E-state index is 10.1.